The van der Waals surface area contributed by atoms with Gasteiger partial charge in [-0.2, -0.15) is 0 Å². The molecule has 2 aromatic rings. The maximum Gasteiger partial charge on any atom is 0.214 e. The molecule has 0 aliphatic heterocycles. The Balaban J connectivity index is 1.62. The molecule has 1 aliphatic rings. The van der Waals surface area contributed by atoms with Crippen molar-refractivity contribution in [2.45, 2.75) is 38.0 Å². The lowest BCUT2D eigenvalue weighted by Crippen LogP contribution is -2.53. The molecule has 0 amide bonds. The third-order valence-corrected chi connectivity index (χ3v) is 5.75. The van der Waals surface area contributed by atoms with Crippen molar-refractivity contribution in [2.75, 3.05) is 17.7 Å². The molecule has 0 bridgehead atoms. The second kappa shape index (κ2) is 6.06. The summed E-state index contributed by atoms with van der Waals surface area (Å²) in [5.74, 6) is 0.575. The zero-order chi connectivity index (χ0) is 16.6. The van der Waals surface area contributed by atoms with Gasteiger partial charge in [0.15, 0.2) is 0 Å². The minimum absolute atomic E-state index is 0.0882. The number of hydrogen-bond donors (Lipinski definition) is 3. The smallest absolute Gasteiger partial charge is 0.214 e. The van der Waals surface area contributed by atoms with Crippen LogP contribution in [-0.4, -0.2) is 59.5 Å². The normalized spacial score (nSPS) is 22.7. The van der Waals surface area contributed by atoms with E-state index in [2.05, 4.69) is 24.6 Å². The Morgan fingerprint density at radius 3 is 2.91 bits per heavy atom. The van der Waals surface area contributed by atoms with E-state index >= 15 is 0 Å². The van der Waals surface area contributed by atoms with E-state index in [9.17, 15) is 13.5 Å². The molecule has 9 heteroatoms. The SMILES string of the molecule is CC(O)CS(=O)(=O)NC1CC(N(C)c2ncnc3[nH]ccc23)C1. The monoisotopic (exact) mass is 339 g/mol. The van der Waals surface area contributed by atoms with Crippen LogP contribution in [0.15, 0.2) is 18.6 Å². The van der Waals surface area contributed by atoms with E-state index in [-0.39, 0.29) is 17.8 Å². The molecule has 23 heavy (non-hydrogen) atoms. The van der Waals surface area contributed by atoms with Crippen LogP contribution in [0.4, 0.5) is 5.82 Å². The Bertz CT molecular complexity index is 783. The number of aliphatic hydroxyl groups is 1. The summed E-state index contributed by atoms with van der Waals surface area (Å²) >= 11 is 0. The average molecular weight is 339 g/mol. The lowest BCUT2D eigenvalue weighted by atomic mass is 9.86. The Hall–Kier alpha value is -1.71. The number of nitrogens with zero attached hydrogens (tertiary/aromatic N) is 3. The zero-order valence-corrected chi connectivity index (χ0v) is 13.9. The fourth-order valence-corrected chi connectivity index (χ4v) is 4.36. The molecular formula is C14H21N5O3S. The van der Waals surface area contributed by atoms with Gasteiger partial charge in [0.25, 0.3) is 0 Å². The summed E-state index contributed by atoms with van der Waals surface area (Å²) in [6.07, 6.45) is 3.90. The van der Waals surface area contributed by atoms with Crippen LogP contribution in [0.2, 0.25) is 0 Å². The summed E-state index contributed by atoms with van der Waals surface area (Å²) in [5.41, 5.74) is 0.787. The highest BCUT2D eigenvalue weighted by Gasteiger charge is 2.35. The number of rotatable bonds is 6. The molecule has 0 radical (unpaired) electrons. The summed E-state index contributed by atoms with van der Waals surface area (Å²) < 4.78 is 26.3. The van der Waals surface area contributed by atoms with Crippen molar-refractivity contribution in [3.8, 4) is 0 Å². The van der Waals surface area contributed by atoms with Gasteiger partial charge in [-0.05, 0) is 25.8 Å². The van der Waals surface area contributed by atoms with E-state index in [1.165, 1.54) is 13.3 Å². The molecule has 1 fully saturated rings. The Morgan fingerprint density at radius 1 is 1.48 bits per heavy atom. The van der Waals surface area contributed by atoms with Crippen molar-refractivity contribution in [2.24, 2.45) is 0 Å². The van der Waals surface area contributed by atoms with Crippen LogP contribution >= 0.6 is 0 Å². The van der Waals surface area contributed by atoms with E-state index in [0.29, 0.717) is 12.8 Å². The van der Waals surface area contributed by atoms with Crippen LogP contribution in [0, 0.1) is 0 Å². The first-order valence-electron chi connectivity index (χ1n) is 7.54. The number of aliphatic hydroxyl groups excluding tert-OH is 1. The van der Waals surface area contributed by atoms with E-state index in [1.54, 1.807) is 0 Å². The first-order chi connectivity index (χ1) is 10.9. The van der Waals surface area contributed by atoms with Crippen LogP contribution in [-0.2, 0) is 10.0 Å². The second-order valence-corrected chi connectivity index (χ2v) is 7.92. The van der Waals surface area contributed by atoms with Crippen molar-refractivity contribution in [3.63, 3.8) is 0 Å². The van der Waals surface area contributed by atoms with Gasteiger partial charge in [0.1, 0.15) is 17.8 Å². The summed E-state index contributed by atoms with van der Waals surface area (Å²) in [5, 5.41) is 10.2. The molecule has 1 unspecified atom stereocenters. The molecule has 1 aliphatic carbocycles. The van der Waals surface area contributed by atoms with Gasteiger partial charge in [-0.3, -0.25) is 0 Å². The minimum Gasteiger partial charge on any atom is -0.392 e. The predicted molar refractivity (Wildman–Crippen MR) is 87.7 cm³/mol. The quantitative estimate of drug-likeness (QED) is 0.694. The fraction of sp³-hybridized carbons (Fsp3) is 0.571. The summed E-state index contributed by atoms with van der Waals surface area (Å²) in [6.45, 7) is 1.47. The standard InChI is InChI=1S/C14H21N5O3S/c1-9(20)7-23(21,22)18-10-5-11(6-10)19(2)14-12-3-4-15-13(12)16-8-17-14/h3-4,8-11,18,20H,5-7H2,1-2H3,(H,15,16,17). The largest absolute Gasteiger partial charge is 0.392 e. The molecule has 3 N–H and O–H groups in total. The van der Waals surface area contributed by atoms with Gasteiger partial charge >= 0.3 is 0 Å². The van der Waals surface area contributed by atoms with Gasteiger partial charge in [-0.1, -0.05) is 0 Å². The number of anilines is 1. The number of aromatic amines is 1. The van der Waals surface area contributed by atoms with Gasteiger partial charge in [-0.15, -0.1) is 0 Å². The number of aromatic nitrogens is 3. The van der Waals surface area contributed by atoms with Crippen LogP contribution in [0.3, 0.4) is 0 Å². The molecule has 1 atom stereocenters. The molecule has 3 rings (SSSR count). The molecule has 0 aromatic carbocycles. The number of H-pyrrole nitrogens is 1. The molecule has 2 aromatic heterocycles. The van der Waals surface area contributed by atoms with Gasteiger partial charge in [-0.25, -0.2) is 23.1 Å². The molecular weight excluding hydrogens is 318 g/mol. The van der Waals surface area contributed by atoms with Gasteiger partial charge < -0.3 is 15.0 Å². The minimum atomic E-state index is -3.43. The van der Waals surface area contributed by atoms with E-state index in [0.717, 1.165) is 16.9 Å². The highest BCUT2D eigenvalue weighted by molar-refractivity contribution is 7.89. The van der Waals surface area contributed by atoms with Crippen LogP contribution in [0.25, 0.3) is 11.0 Å². The molecule has 2 heterocycles. The van der Waals surface area contributed by atoms with E-state index in [4.69, 9.17) is 0 Å². The van der Waals surface area contributed by atoms with Crippen molar-refractivity contribution in [3.05, 3.63) is 18.6 Å². The van der Waals surface area contributed by atoms with Crippen molar-refractivity contribution >= 4 is 26.9 Å². The van der Waals surface area contributed by atoms with Crippen molar-refractivity contribution in [1.82, 2.24) is 19.7 Å². The maximum atomic E-state index is 11.8. The van der Waals surface area contributed by atoms with Crippen LogP contribution < -0.4 is 9.62 Å². The summed E-state index contributed by atoms with van der Waals surface area (Å²) in [6, 6.07) is 2.07. The van der Waals surface area contributed by atoms with E-state index < -0.39 is 16.1 Å². The lowest BCUT2D eigenvalue weighted by molar-refractivity contribution is 0.217. The third-order valence-electron chi connectivity index (χ3n) is 4.13. The zero-order valence-electron chi connectivity index (χ0n) is 13.1. The maximum absolute atomic E-state index is 11.8. The predicted octanol–water partition coefficient (Wildman–Crippen LogP) is 0.225. The topological polar surface area (TPSA) is 111 Å². The first-order valence-corrected chi connectivity index (χ1v) is 9.20. The van der Waals surface area contributed by atoms with Crippen LogP contribution in [0.1, 0.15) is 19.8 Å². The van der Waals surface area contributed by atoms with Crippen LogP contribution in [0.5, 0.6) is 0 Å². The highest BCUT2D eigenvalue weighted by atomic mass is 32.2. The number of sulfonamides is 1. The van der Waals surface area contributed by atoms with Gasteiger partial charge in [0.05, 0.1) is 17.2 Å². The van der Waals surface area contributed by atoms with Crippen molar-refractivity contribution in [1.29, 1.82) is 0 Å². The van der Waals surface area contributed by atoms with Gasteiger partial charge in [0, 0.05) is 25.3 Å². The molecule has 8 nitrogen and oxygen atoms in total. The molecule has 126 valence electrons. The first kappa shape index (κ1) is 16.2. The Kier molecular flexibility index (Phi) is 4.26. The fourth-order valence-electron chi connectivity index (χ4n) is 2.93. The number of hydrogen-bond acceptors (Lipinski definition) is 6. The Labute approximate surface area is 135 Å². The van der Waals surface area contributed by atoms with Crippen molar-refractivity contribution < 1.29 is 13.5 Å². The number of nitrogens with one attached hydrogen (secondary N) is 2. The summed E-state index contributed by atoms with van der Waals surface area (Å²) in [7, 11) is -1.47. The lowest BCUT2D eigenvalue weighted by Gasteiger charge is -2.41. The average Bonchev–Trinajstić information content (AvgIpc) is 2.88. The molecule has 0 spiro atoms. The Morgan fingerprint density at radius 2 is 2.22 bits per heavy atom. The third kappa shape index (κ3) is 3.46. The molecule has 1 saturated carbocycles. The van der Waals surface area contributed by atoms with E-state index in [1.807, 2.05) is 19.3 Å². The summed E-state index contributed by atoms with van der Waals surface area (Å²) in [4.78, 5) is 13.6. The highest BCUT2D eigenvalue weighted by Crippen LogP contribution is 2.31. The molecule has 0 saturated heterocycles. The second-order valence-electron chi connectivity index (χ2n) is 6.12. The number of fused-ring (bicyclic) bond motifs is 1. The van der Waals surface area contributed by atoms with Gasteiger partial charge in [0.2, 0.25) is 10.0 Å².